The highest BCUT2D eigenvalue weighted by molar-refractivity contribution is 14.1. The Morgan fingerprint density at radius 3 is 2.39 bits per heavy atom. The summed E-state index contributed by atoms with van der Waals surface area (Å²) in [5, 5.41) is 0. The van der Waals surface area contributed by atoms with Gasteiger partial charge in [0.2, 0.25) is 0 Å². The van der Waals surface area contributed by atoms with Crippen LogP contribution >= 0.6 is 22.6 Å². The van der Waals surface area contributed by atoms with Crippen LogP contribution in [0.1, 0.15) is 51.2 Å². The number of alkyl halides is 1. The molecular formula is C16H23IO. The van der Waals surface area contributed by atoms with Crippen molar-refractivity contribution in [3.05, 3.63) is 35.9 Å². The highest BCUT2D eigenvalue weighted by atomic mass is 127. The van der Waals surface area contributed by atoms with Crippen molar-refractivity contribution in [1.82, 2.24) is 0 Å². The molecule has 1 aliphatic rings. The second-order valence-electron chi connectivity index (χ2n) is 6.05. The molecular weight excluding hydrogens is 335 g/mol. The molecule has 18 heavy (non-hydrogen) atoms. The van der Waals surface area contributed by atoms with Crippen LogP contribution in [-0.2, 0) is 4.74 Å². The summed E-state index contributed by atoms with van der Waals surface area (Å²) < 4.78 is 7.34. The zero-order valence-electron chi connectivity index (χ0n) is 11.4. The van der Waals surface area contributed by atoms with Gasteiger partial charge in [0.25, 0.3) is 0 Å². The lowest BCUT2D eigenvalue weighted by Crippen LogP contribution is -2.28. The minimum absolute atomic E-state index is 0.262. The molecule has 0 aromatic heterocycles. The van der Waals surface area contributed by atoms with Gasteiger partial charge in [-0.2, -0.15) is 0 Å². The van der Waals surface area contributed by atoms with E-state index in [1.807, 2.05) is 0 Å². The van der Waals surface area contributed by atoms with Gasteiger partial charge in [0.1, 0.15) is 0 Å². The quantitative estimate of drug-likeness (QED) is 0.534. The van der Waals surface area contributed by atoms with Crippen LogP contribution in [0.25, 0.3) is 0 Å². The molecule has 1 nitrogen and oxygen atoms in total. The molecule has 1 unspecified atom stereocenters. The summed E-state index contributed by atoms with van der Waals surface area (Å²) in [6, 6.07) is 10.6. The Hall–Kier alpha value is -0.0900. The van der Waals surface area contributed by atoms with Crippen molar-refractivity contribution in [3.8, 4) is 0 Å². The molecule has 1 saturated carbocycles. The van der Waals surface area contributed by atoms with Crippen LogP contribution in [0, 0.1) is 5.41 Å². The standard InChI is InChI=1S/C16H23IO/c1-16(2)10-8-14(9-11-16)18-15(12-17)13-6-4-3-5-7-13/h3-7,14-15H,8-12H2,1-2H3. The van der Waals surface area contributed by atoms with Crippen LogP contribution in [-0.4, -0.2) is 10.5 Å². The zero-order chi connectivity index (χ0) is 13.0. The molecule has 0 heterocycles. The summed E-state index contributed by atoms with van der Waals surface area (Å²) in [4.78, 5) is 0. The Morgan fingerprint density at radius 1 is 1.22 bits per heavy atom. The zero-order valence-corrected chi connectivity index (χ0v) is 13.5. The molecule has 100 valence electrons. The van der Waals surface area contributed by atoms with E-state index >= 15 is 0 Å². The van der Waals surface area contributed by atoms with Crippen molar-refractivity contribution in [1.29, 1.82) is 0 Å². The summed E-state index contributed by atoms with van der Waals surface area (Å²) in [5.41, 5.74) is 1.84. The van der Waals surface area contributed by atoms with Crippen LogP contribution in [0.15, 0.2) is 30.3 Å². The van der Waals surface area contributed by atoms with E-state index in [4.69, 9.17) is 4.74 Å². The number of hydrogen-bond donors (Lipinski definition) is 0. The SMILES string of the molecule is CC1(C)CCC(OC(CI)c2ccccc2)CC1. The van der Waals surface area contributed by atoms with E-state index in [-0.39, 0.29) is 6.10 Å². The van der Waals surface area contributed by atoms with Gasteiger partial charge in [0.15, 0.2) is 0 Å². The van der Waals surface area contributed by atoms with Gasteiger partial charge < -0.3 is 4.74 Å². The maximum atomic E-state index is 6.31. The maximum Gasteiger partial charge on any atom is 0.0918 e. The fourth-order valence-electron chi connectivity index (χ4n) is 2.61. The van der Waals surface area contributed by atoms with Crippen LogP contribution < -0.4 is 0 Å². The number of hydrogen-bond acceptors (Lipinski definition) is 1. The summed E-state index contributed by atoms with van der Waals surface area (Å²) in [7, 11) is 0. The third-order valence-electron chi connectivity index (χ3n) is 3.95. The third kappa shape index (κ3) is 3.95. The topological polar surface area (TPSA) is 9.23 Å². The predicted octanol–water partition coefficient (Wildman–Crippen LogP) is 5.15. The Kier molecular flexibility index (Phi) is 5.07. The normalized spacial score (nSPS) is 21.7. The Morgan fingerprint density at radius 2 is 1.83 bits per heavy atom. The molecule has 0 bridgehead atoms. The molecule has 0 aliphatic heterocycles. The minimum Gasteiger partial charge on any atom is -0.369 e. The van der Waals surface area contributed by atoms with Crippen molar-refractivity contribution < 1.29 is 4.74 Å². The largest absolute Gasteiger partial charge is 0.369 e. The molecule has 1 atom stereocenters. The first kappa shape index (κ1) is 14.3. The molecule has 0 radical (unpaired) electrons. The monoisotopic (exact) mass is 358 g/mol. The van der Waals surface area contributed by atoms with Gasteiger partial charge >= 0.3 is 0 Å². The first-order chi connectivity index (χ1) is 8.61. The Labute approximate surface area is 124 Å². The Bertz CT molecular complexity index is 351. The lowest BCUT2D eigenvalue weighted by atomic mass is 9.76. The number of benzene rings is 1. The molecule has 0 saturated heterocycles. The highest BCUT2D eigenvalue weighted by Gasteiger charge is 2.28. The predicted molar refractivity (Wildman–Crippen MR) is 85.2 cm³/mol. The number of ether oxygens (including phenoxy) is 1. The van der Waals surface area contributed by atoms with Crippen LogP contribution in [0.4, 0.5) is 0 Å². The van der Waals surface area contributed by atoms with Gasteiger partial charge in [-0.05, 0) is 36.7 Å². The van der Waals surface area contributed by atoms with Gasteiger partial charge in [-0.15, -0.1) is 0 Å². The highest BCUT2D eigenvalue weighted by Crippen LogP contribution is 2.38. The molecule has 2 heteroatoms. The minimum atomic E-state index is 0.262. The van der Waals surface area contributed by atoms with E-state index in [0.717, 1.165) is 4.43 Å². The molecule has 0 spiro atoms. The molecule has 1 aliphatic carbocycles. The van der Waals surface area contributed by atoms with E-state index in [0.29, 0.717) is 11.5 Å². The van der Waals surface area contributed by atoms with Crippen LogP contribution in [0.3, 0.4) is 0 Å². The summed E-state index contributed by atoms with van der Waals surface area (Å²) in [5.74, 6) is 0. The summed E-state index contributed by atoms with van der Waals surface area (Å²) >= 11 is 2.43. The second kappa shape index (κ2) is 6.38. The number of rotatable bonds is 4. The summed E-state index contributed by atoms with van der Waals surface area (Å²) in [6.45, 7) is 4.74. The maximum absolute atomic E-state index is 6.31. The number of halogens is 1. The van der Waals surface area contributed by atoms with E-state index in [1.54, 1.807) is 0 Å². The molecule has 1 aromatic rings. The van der Waals surface area contributed by atoms with E-state index < -0.39 is 0 Å². The van der Waals surface area contributed by atoms with E-state index in [2.05, 4.69) is 66.8 Å². The average Bonchev–Trinajstić information content (AvgIpc) is 2.39. The third-order valence-corrected chi connectivity index (χ3v) is 4.75. The molecule has 1 aromatic carbocycles. The Balaban J connectivity index is 1.92. The molecule has 1 fully saturated rings. The first-order valence-corrected chi connectivity index (χ1v) is 8.40. The fraction of sp³-hybridized carbons (Fsp3) is 0.625. The van der Waals surface area contributed by atoms with Crippen molar-refractivity contribution in [3.63, 3.8) is 0 Å². The van der Waals surface area contributed by atoms with Crippen molar-refractivity contribution in [2.45, 2.75) is 51.7 Å². The lowest BCUT2D eigenvalue weighted by molar-refractivity contribution is -0.0357. The van der Waals surface area contributed by atoms with Gasteiger partial charge in [0.05, 0.1) is 12.2 Å². The molecule has 0 amide bonds. The van der Waals surface area contributed by atoms with Crippen molar-refractivity contribution >= 4 is 22.6 Å². The fourth-order valence-corrected chi connectivity index (χ4v) is 3.33. The van der Waals surface area contributed by atoms with E-state index in [1.165, 1.54) is 31.2 Å². The lowest BCUT2D eigenvalue weighted by Gasteiger charge is -2.35. The van der Waals surface area contributed by atoms with Gasteiger partial charge in [-0.25, -0.2) is 0 Å². The summed E-state index contributed by atoms with van der Waals surface area (Å²) in [6.07, 6.45) is 5.73. The molecule has 0 N–H and O–H groups in total. The average molecular weight is 358 g/mol. The smallest absolute Gasteiger partial charge is 0.0918 e. The molecule has 2 rings (SSSR count). The van der Waals surface area contributed by atoms with E-state index in [9.17, 15) is 0 Å². The van der Waals surface area contributed by atoms with Crippen molar-refractivity contribution in [2.75, 3.05) is 4.43 Å². The van der Waals surface area contributed by atoms with Gasteiger partial charge in [-0.1, -0.05) is 66.8 Å². The van der Waals surface area contributed by atoms with Gasteiger partial charge in [-0.3, -0.25) is 0 Å². The van der Waals surface area contributed by atoms with Crippen LogP contribution in [0.5, 0.6) is 0 Å². The van der Waals surface area contributed by atoms with Gasteiger partial charge in [0, 0.05) is 4.43 Å². The van der Waals surface area contributed by atoms with Crippen molar-refractivity contribution in [2.24, 2.45) is 5.41 Å². The van der Waals surface area contributed by atoms with Crippen LogP contribution in [0.2, 0.25) is 0 Å². The first-order valence-electron chi connectivity index (χ1n) is 6.87. The second-order valence-corrected chi connectivity index (χ2v) is 6.93.